The molecular weight excluding hydrogens is 468 g/mol. The summed E-state index contributed by atoms with van der Waals surface area (Å²) in [6.07, 6.45) is 0.732. The number of ketones is 1. The Balaban J connectivity index is 1.69. The highest BCUT2D eigenvalue weighted by Crippen LogP contribution is 2.40. The lowest BCUT2D eigenvalue weighted by molar-refractivity contribution is -0.140. The molecule has 2 aromatic rings. The summed E-state index contributed by atoms with van der Waals surface area (Å²) in [5.41, 5.74) is 3.48. The van der Waals surface area contributed by atoms with E-state index >= 15 is 0 Å². The molecule has 2 aromatic carbocycles. The third-order valence-corrected chi connectivity index (χ3v) is 7.18. The van der Waals surface area contributed by atoms with Crippen LogP contribution in [0.3, 0.4) is 0 Å². The van der Waals surface area contributed by atoms with E-state index in [0.717, 1.165) is 42.9 Å². The molecule has 2 fully saturated rings. The second-order valence-electron chi connectivity index (χ2n) is 10.0. The molecule has 2 saturated heterocycles. The molecule has 0 radical (unpaired) electrons. The molecule has 2 aliphatic rings. The predicted octanol–water partition coefficient (Wildman–Crippen LogP) is 4.66. The molecule has 0 bridgehead atoms. The van der Waals surface area contributed by atoms with E-state index in [-0.39, 0.29) is 11.3 Å². The average Bonchev–Trinajstić information content (AvgIpc) is 3.15. The Morgan fingerprint density at radius 3 is 2.41 bits per heavy atom. The van der Waals surface area contributed by atoms with E-state index in [1.54, 1.807) is 23.1 Å². The normalized spacial score (nSPS) is 20.1. The Morgan fingerprint density at radius 2 is 1.78 bits per heavy atom. The standard InChI is InChI=1S/C30H38N2O5/c1-5-37-25-12-11-24(19-21(25)4)28(33)26-27(23-9-7-22(8-10-23)20(2)3)32(30(35)29(26)34)14-6-13-31-15-17-36-18-16-31/h7-12,19-20,27,33H,5-6,13-18H2,1-4H3. The lowest BCUT2D eigenvalue weighted by Gasteiger charge is -2.29. The molecule has 2 aliphatic heterocycles. The summed E-state index contributed by atoms with van der Waals surface area (Å²) < 4.78 is 11.1. The van der Waals surface area contributed by atoms with Gasteiger partial charge in [0.1, 0.15) is 11.5 Å². The molecule has 1 amide bonds. The van der Waals surface area contributed by atoms with Gasteiger partial charge in [0.2, 0.25) is 0 Å². The lowest BCUT2D eigenvalue weighted by Crippen LogP contribution is -2.38. The number of nitrogens with zero attached hydrogens (tertiary/aromatic N) is 2. The van der Waals surface area contributed by atoms with Gasteiger partial charge in [0.05, 0.1) is 31.4 Å². The van der Waals surface area contributed by atoms with E-state index in [4.69, 9.17) is 9.47 Å². The zero-order valence-corrected chi connectivity index (χ0v) is 22.3. The minimum Gasteiger partial charge on any atom is -0.507 e. The number of morpholine rings is 1. The maximum Gasteiger partial charge on any atom is 0.295 e. The molecule has 7 heteroatoms. The first-order chi connectivity index (χ1) is 17.8. The lowest BCUT2D eigenvalue weighted by atomic mass is 9.93. The Kier molecular flexibility index (Phi) is 8.67. The largest absolute Gasteiger partial charge is 0.507 e. The minimum absolute atomic E-state index is 0.136. The number of hydrogen-bond donors (Lipinski definition) is 1. The first-order valence-electron chi connectivity index (χ1n) is 13.2. The van der Waals surface area contributed by atoms with E-state index in [2.05, 4.69) is 18.7 Å². The molecule has 0 spiro atoms. The molecule has 1 unspecified atom stereocenters. The van der Waals surface area contributed by atoms with Crippen molar-refractivity contribution in [2.75, 3.05) is 46.0 Å². The monoisotopic (exact) mass is 506 g/mol. The highest BCUT2D eigenvalue weighted by Gasteiger charge is 2.45. The summed E-state index contributed by atoms with van der Waals surface area (Å²) in [7, 11) is 0. The number of benzene rings is 2. The number of amides is 1. The van der Waals surface area contributed by atoms with Crippen molar-refractivity contribution in [1.29, 1.82) is 0 Å². The number of carbonyl (C=O) groups excluding carboxylic acids is 2. The first kappa shape index (κ1) is 26.9. The summed E-state index contributed by atoms with van der Waals surface area (Å²) in [5.74, 6) is -0.278. The first-order valence-corrected chi connectivity index (χ1v) is 13.2. The Bertz CT molecular complexity index is 1150. The zero-order valence-electron chi connectivity index (χ0n) is 22.3. The molecule has 0 saturated carbocycles. The SMILES string of the molecule is CCOc1ccc(C(O)=C2C(=O)C(=O)N(CCCN3CCOCC3)C2c2ccc(C(C)C)cc2)cc1C. The Morgan fingerprint density at radius 1 is 1.08 bits per heavy atom. The number of hydrogen-bond acceptors (Lipinski definition) is 6. The van der Waals surface area contributed by atoms with Crippen LogP contribution in [0.15, 0.2) is 48.0 Å². The number of likely N-dealkylation sites (tertiary alicyclic amines) is 1. The second kappa shape index (κ2) is 11.9. The van der Waals surface area contributed by atoms with Crippen molar-refractivity contribution in [2.24, 2.45) is 0 Å². The molecule has 0 aliphatic carbocycles. The van der Waals surface area contributed by atoms with Crippen LogP contribution in [0.2, 0.25) is 0 Å². The molecule has 198 valence electrons. The summed E-state index contributed by atoms with van der Waals surface area (Å²) >= 11 is 0. The molecule has 37 heavy (non-hydrogen) atoms. The molecule has 1 atom stereocenters. The highest BCUT2D eigenvalue weighted by atomic mass is 16.5. The number of aryl methyl sites for hydroxylation is 1. The van der Waals surface area contributed by atoms with Gasteiger partial charge in [-0.3, -0.25) is 14.5 Å². The van der Waals surface area contributed by atoms with Crippen LogP contribution in [0.25, 0.3) is 5.76 Å². The maximum absolute atomic E-state index is 13.3. The van der Waals surface area contributed by atoms with Crippen LogP contribution in [0, 0.1) is 6.92 Å². The van der Waals surface area contributed by atoms with Gasteiger partial charge in [-0.2, -0.15) is 0 Å². The predicted molar refractivity (Wildman–Crippen MR) is 144 cm³/mol. The van der Waals surface area contributed by atoms with Crippen molar-refractivity contribution in [3.63, 3.8) is 0 Å². The molecular formula is C30H38N2O5. The van der Waals surface area contributed by atoms with E-state index in [0.29, 0.717) is 37.8 Å². The van der Waals surface area contributed by atoms with Crippen molar-refractivity contribution in [2.45, 2.75) is 46.1 Å². The van der Waals surface area contributed by atoms with Crippen LogP contribution in [0.1, 0.15) is 61.4 Å². The van der Waals surface area contributed by atoms with Crippen molar-refractivity contribution in [3.05, 3.63) is 70.3 Å². The summed E-state index contributed by atoms with van der Waals surface area (Å²) in [4.78, 5) is 30.6. The van der Waals surface area contributed by atoms with Gasteiger partial charge in [-0.05, 0) is 61.1 Å². The second-order valence-corrected chi connectivity index (χ2v) is 10.0. The van der Waals surface area contributed by atoms with Crippen LogP contribution in [-0.2, 0) is 14.3 Å². The fourth-order valence-corrected chi connectivity index (χ4v) is 5.08. The van der Waals surface area contributed by atoms with Crippen molar-refractivity contribution in [3.8, 4) is 5.75 Å². The minimum atomic E-state index is -0.645. The smallest absolute Gasteiger partial charge is 0.295 e. The van der Waals surface area contributed by atoms with Crippen molar-refractivity contribution < 1.29 is 24.2 Å². The van der Waals surface area contributed by atoms with E-state index < -0.39 is 17.7 Å². The number of aliphatic hydroxyl groups excluding tert-OH is 1. The number of aliphatic hydroxyl groups is 1. The van der Waals surface area contributed by atoms with E-state index in [9.17, 15) is 14.7 Å². The van der Waals surface area contributed by atoms with E-state index in [1.807, 2.05) is 38.1 Å². The average molecular weight is 507 g/mol. The van der Waals surface area contributed by atoms with Gasteiger partial charge >= 0.3 is 0 Å². The van der Waals surface area contributed by atoms with Gasteiger partial charge in [0.15, 0.2) is 0 Å². The molecule has 7 nitrogen and oxygen atoms in total. The summed E-state index contributed by atoms with van der Waals surface area (Å²) in [5, 5.41) is 11.4. The Labute approximate surface area is 219 Å². The molecule has 1 N–H and O–H groups in total. The van der Waals surface area contributed by atoms with Gasteiger partial charge in [0, 0.05) is 31.7 Å². The van der Waals surface area contributed by atoms with Gasteiger partial charge in [-0.1, -0.05) is 38.1 Å². The third kappa shape index (κ3) is 5.89. The van der Waals surface area contributed by atoms with Crippen molar-refractivity contribution >= 4 is 17.4 Å². The van der Waals surface area contributed by atoms with Gasteiger partial charge < -0.3 is 19.5 Å². The van der Waals surface area contributed by atoms with E-state index in [1.165, 1.54) is 5.56 Å². The molecule has 0 aromatic heterocycles. The number of rotatable bonds is 9. The topological polar surface area (TPSA) is 79.3 Å². The van der Waals surface area contributed by atoms with Crippen LogP contribution < -0.4 is 4.74 Å². The third-order valence-electron chi connectivity index (χ3n) is 7.18. The van der Waals surface area contributed by atoms with Crippen LogP contribution >= 0.6 is 0 Å². The number of carbonyl (C=O) groups is 2. The summed E-state index contributed by atoms with van der Waals surface area (Å²) in [6.45, 7) is 13.0. The number of ether oxygens (including phenoxy) is 2. The fraction of sp³-hybridized carbons (Fsp3) is 0.467. The fourth-order valence-electron chi connectivity index (χ4n) is 5.08. The zero-order chi connectivity index (χ0) is 26.5. The van der Waals surface area contributed by atoms with Crippen molar-refractivity contribution in [1.82, 2.24) is 9.80 Å². The quantitative estimate of drug-likeness (QED) is 0.303. The van der Waals surface area contributed by atoms with Crippen LogP contribution in [-0.4, -0.2) is 72.6 Å². The summed E-state index contributed by atoms with van der Waals surface area (Å²) in [6, 6.07) is 12.7. The van der Waals surface area contributed by atoms with Gasteiger partial charge in [-0.25, -0.2) is 0 Å². The van der Waals surface area contributed by atoms with Crippen LogP contribution in [0.4, 0.5) is 0 Å². The highest BCUT2D eigenvalue weighted by molar-refractivity contribution is 6.46. The molecule has 2 heterocycles. The Hall–Kier alpha value is -3.16. The molecule has 4 rings (SSSR count). The van der Waals surface area contributed by atoms with Gasteiger partial charge in [0.25, 0.3) is 11.7 Å². The van der Waals surface area contributed by atoms with Crippen LogP contribution in [0.5, 0.6) is 5.75 Å². The van der Waals surface area contributed by atoms with Gasteiger partial charge in [-0.15, -0.1) is 0 Å². The maximum atomic E-state index is 13.3. The number of Topliss-reactive ketones (excluding diaryl/α,β-unsaturated/α-hetero) is 1.